The Kier molecular flexibility index (Phi) is 4.01. The van der Waals surface area contributed by atoms with Crippen molar-refractivity contribution in [2.45, 2.75) is 18.9 Å². The molecule has 1 unspecified atom stereocenters. The van der Waals surface area contributed by atoms with Crippen molar-refractivity contribution in [2.24, 2.45) is 5.73 Å². The molecule has 1 atom stereocenters. The normalized spacial score (nSPS) is 19.5. The maximum Gasteiger partial charge on any atom is 0.161 e. The molecule has 19 heavy (non-hydrogen) atoms. The van der Waals surface area contributed by atoms with Crippen LogP contribution in [0, 0.1) is 0 Å². The topological polar surface area (TPSA) is 78.6 Å². The molecule has 6 heteroatoms. The molecule has 1 aromatic carbocycles. The average Bonchev–Trinajstić information content (AvgIpc) is 2.36. The van der Waals surface area contributed by atoms with E-state index in [2.05, 4.69) is 0 Å². The first-order valence-corrected chi connectivity index (χ1v) is 8.02. The average molecular weight is 285 g/mol. The highest BCUT2D eigenvalue weighted by atomic mass is 32.2. The Labute approximate surface area is 113 Å². The summed E-state index contributed by atoms with van der Waals surface area (Å²) >= 11 is 0. The molecule has 2 rings (SSSR count). The van der Waals surface area contributed by atoms with Crippen molar-refractivity contribution in [1.29, 1.82) is 0 Å². The predicted octanol–water partition coefficient (Wildman–Crippen LogP) is 0.933. The fraction of sp³-hybridized carbons (Fsp3) is 0.538. The fourth-order valence-corrected chi connectivity index (χ4v) is 3.16. The molecule has 1 heterocycles. The van der Waals surface area contributed by atoms with Gasteiger partial charge in [-0.15, -0.1) is 0 Å². The van der Waals surface area contributed by atoms with Gasteiger partial charge in [-0.3, -0.25) is 0 Å². The van der Waals surface area contributed by atoms with Gasteiger partial charge in [0.15, 0.2) is 21.3 Å². The van der Waals surface area contributed by atoms with Gasteiger partial charge in [-0.05, 0) is 30.2 Å². The summed E-state index contributed by atoms with van der Waals surface area (Å²) in [5.74, 6) is 1.60. The minimum absolute atomic E-state index is 0.0805. The van der Waals surface area contributed by atoms with Crippen LogP contribution in [0.3, 0.4) is 0 Å². The predicted molar refractivity (Wildman–Crippen MR) is 73.5 cm³/mol. The van der Waals surface area contributed by atoms with Crippen molar-refractivity contribution in [2.75, 3.05) is 25.2 Å². The lowest BCUT2D eigenvalue weighted by Crippen LogP contribution is -2.45. The molecule has 2 N–H and O–H groups in total. The van der Waals surface area contributed by atoms with Crippen LogP contribution < -0.4 is 15.2 Å². The molecule has 1 aliphatic rings. The molecule has 106 valence electrons. The van der Waals surface area contributed by atoms with E-state index in [4.69, 9.17) is 15.2 Å². The summed E-state index contributed by atoms with van der Waals surface area (Å²) in [4.78, 5) is 0. The van der Waals surface area contributed by atoms with Gasteiger partial charge >= 0.3 is 0 Å². The van der Waals surface area contributed by atoms with Crippen LogP contribution in [0.1, 0.15) is 18.4 Å². The van der Waals surface area contributed by atoms with Crippen molar-refractivity contribution >= 4 is 9.84 Å². The number of hydrogen-bond donors (Lipinski definition) is 1. The van der Waals surface area contributed by atoms with Crippen LogP contribution in [0.25, 0.3) is 0 Å². The smallest absolute Gasteiger partial charge is 0.161 e. The molecule has 0 aromatic heterocycles. The molecule has 0 radical (unpaired) electrons. The summed E-state index contributed by atoms with van der Waals surface area (Å²) in [7, 11) is -1.31. The number of ether oxygens (including phenoxy) is 2. The first-order chi connectivity index (χ1) is 8.95. The number of rotatable bonds is 5. The van der Waals surface area contributed by atoms with Gasteiger partial charge in [0.1, 0.15) is 6.10 Å². The summed E-state index contributed by atoms with van der Waals surface area (Å²) in [6.45, 7) is 2.60. The molecule has 1 fully saturated rings. The zero-order valence-corrected chi connectivity index (χ0v) is 11.9. The van der Waals surface area contributed by atoms with Gasteiger partial charge in [0, 0.05) is 0 Å². The molecular weight excluding hydrogens is 266 g/mol. The maximum atomic E-state index is 11.1. The summed E-state index contributed by atoms with van der Waals surface area (Å²) in [6.07, 6.45) is -0.267. The van der Waals surface area contributed by atoms with E-state index in [-0.39, 0.29) is 23.5 Å². The first kappa shape index (κ1) is 14.1. The highest BCUT2D eigenvalue weighted by molar-refractivity contribution is 7.92. The Balaban J connectivity index is 2.13. The van der Waals surface area contributed by atoms with E-state index in [0.717, 1.165) is 5.56 Å². The van der Waals surface area contributed by atoms with Crippen molar-refractivity contribution < 1.29 is 17.9 Å². The summed E-state index contributed by atoms with van der Waals surface area (Å²) in [5, 5.41) is 0. The quantitative estimate of drug-likeness (QED) is 0.871. The fourth-order valence-electron chi connectivity index (χ4n) is 1.99. The van der Waals surface area contributed by atoms with E-state index in [1.807, 2.05) is 25.1 Å². The van der Waals surface area contributed by atoms with Gasteiger partial charge in [-0.2, -0.15) is 0 Å². The summed E-state index contributed by atoms with van der Waals surface area (Å²) in [6, 6.07) is 5.63. The molecule has 0 amide bonds. The number of sulfone groups is 1. The van der Waals surface area contributed by atoms with Crippen LogP contribution >= 0.6 is 0 Å². The second-order valence-electron chi connectivity index (χ2n) is 4.86. The van der Waals surface area contributed by atoms with Crippen molar-refractivity contribution in [3.05, 3.63) is 23.8 Å². The van der Waals surface area contributed by atoms with E-state index < -0.39 is 9.84 Å². The molecule has 0 bridgehead atoms. The lowest BCUT2D eigenvalue weighted by Gasteiger charge is -2.27. The number of hydrogen-bond acceptors (Lipinski definition) is 5. The largest absolute Gasteiger partial charge is 0.493 e. The van der Waals surface area contributed by atoms with Gasteiger partial charge in [-0.25, -0.2) is 8.42 Å². The molecule has 0 aliphatic carbocycles. The zero-order valence-electron chi connectivity index (χ0n) is 11.1. The van der Waals surface area contributed by atoms with Crippen LogP contribution in [0.2, 0.25) is 0 Å². The summed E-state index contributed by atoms with van der Waals surface area (Å²) < 4.78 is 33.1. The third kappa shape index (κ3) is 3.19. The Morgan fingerprint density at radius 2 is 2.05 bits per heavy atom. The van der Waals surface area contributed by atoms with E-state index in [9.17, 15) is 8.42 Å². The van der Waals surface area contributed by atoms with E-state index in [1.54, 1.807) is 7.11 Å². The number of methoxy groups -OCH3 is 1. The van der Waals surface area contributed by atoms with E-state index >= 15 is 0 Å². The number of benzene rings is 1. The SMILES string of the molecule is COc1cc(C(C)CN)ccc1OC1CS(=O)(=O)C1. The van der Waals surface area contributed by atoms with Crippen molar-refractivity contribution in [1.82, 2.24) is 0 Å². The minimum Gasteiger partial charge on any atom is -0.493 e. The minimum atomic E-state index is -2.88. The van der Waals surface area contributed by atoms with Gasteiger partial charge in [0.05, 0.1) is 18.6 Å². The van der Waals surface area contributed by atoms with Crippen LogP contribution in [0.15, 0.2) is 18.2 Å². The molecule has 1 saturated heterocycles. The summed E-state index contributed by atoms with van der Waals surface area (Å²) in [5.41, 5.74) is 6.71. The van der Waals surface area contributed by atoms with Crippen LogP contribution in [0.5, 0.6) is 11.5 Å². The van der Waals surface area contributed by atoms with Crippen LogP contribution in [-0.4, -0.2) is 39.7 Å². The standard InChI is InChI=1S/C13H19NO4S/c1-9(6-14)10-3-4-12(13(5-10)17-2)18-11-7-19(15,16)8-11/h3-5,9,11H,6-8,14H2,1-2H3. The lowest BCUT2D eigenvalue weighted by molar-refractivity contribution is 0.219. The monoisotopic (exact) mass is 285 g/mol. The Morgan fingerprint density at radius 1 is 1.37 bits per heavy atom. The van der Waals surface area contributed by atoms with E-state index in [0.29, 0.717) is 18.0 Å². The third-order valence-electron chi connectivity index (χ3n) is 3.28. The third-order valence-corrected chi connectivity index (χ3v) is 5.04. The number of nitrogens with two attached hydrogens (primary N) is 1. The highest BCUT2D eigenvalue weighted by Crippen LogP contribution is 2.32. The van der Waals surface area contributed by atoms with E-state index in [1.165, 1.54) is 0 Å². The van der Waals surface area contributed by atoms with Gasteiger partial charge in [0.25, 0.3) is 0 Å². The molecule has 1 aromatic rings. The first-order valence-electron chi connectivity index (χ1n) is 6.20. The second kappa shape index (κ2) is 5.38. The second-order valence-corrected chi connectivity index (χ2v) is 7.02. The van der Waals surface area contributed by atoms with Crippen molar-refractivity contribution in [3.8, 4) is 11.5 Å². The van der Waals surface area contributed by atoms with Gasteiger partial charge < -0.3 is 15.2 Å². The van der Waals surface area contributed by atoms with Crippen LogP contribution in [0.4, 0.5) is 0 Å². The van der Waals surface area contributed by atoms with Crippen molar-refractivity contribution in [3.63, 3.8) is 0 Å². The highest BCUT2D eigenvalue weighted by Gasteiger charge is 2.35. The molecular formula is C13H19NO4S. The maximum absolute atomic E-state index is 11.1. The van der Waals surface area contributed by atoms with Gasteiger partial charge in [-0.1, -0.05) is 13.0 Å². The molecule has 1 aliphatic heterocycles. The molecule has 0 saturated carbocycles. The molecule has 0 spiro atoms. The zero-order chi connectivity index (χ0) is 14.0. The molecule has 5 nitrogen and oxygen atoms in total. The Morgan fingerprint density at radius 3 is 2.58 bits per heavy atom. The lowest BCUT2D eigenvalue weighted by atomic mass is 10.0. The van der Waals surface area contributed by atoms with Gasteiger partial charge in [0.2, 0.25) is 0 Å². The Hall–Kier alpha value is -1.27. The van der Waals surface area contributed by atoms with Crippen LogP contribution in [-0.2, 0) is 9.84 Å². The Bertz CT molecular complexity index is 544.